The Morgan fingerprint density at radius 2 is 0.644 bits per heavy atom. The van der Waals surface area contributed by atoms with Crippen molar-refractivity contribution in [2.75, 3.05) is 13.1 Å². The Morgan fingerprint density at radius 1 is 0.400 bits per heavy atom. The third-order valence-corrected chi connectivity index (χ3v) is 7.71. The minimum Gasteiger partial charge on any atom is -0.481 e. The number of carboxylic acids is 2. The lowest BCUT2D eigenvalue weighted by Gasteiger charge is -1.99. The molecule has 0 fully saturated rings. The quantitative estimate of drug-likeness (QED) is 0.0429. The van der Waals surface area contributed by atoms with E-state index >= 15 is 0 Å². The van der Waals surface area contributed by atoms with Gasteiger partial charge in [0.2, 0.25) is 0 Å². The van der Waals surface area contributed by atoms with Crippen molar-refractivity contribution in [3.63, 3.8) is 0 Å². The minimum atomic E-state index is -0.664. The first-order valence-corrected chi connectivity index (χ1v) is 19.1. The van der Waals surface area contributed by atoms with Crippen LogP contribution in [0.4, 0.5) is 0 Å². The van der Waals surface area contributed by atoms with Gasteiger partial charge >= 0.3 is 11.9 Å². The van der Waals surface area contributed by atoms with Gasteiger partial charge in [0.05, 0.1) is 0 Å². The Balaban J connectivity index is -0.000000680. The molecule has 0 aromatic carbocycles. The molecule has 0 aromatic rings. The molecule has 6 heteroatoms. The summed E-state index contributed by atoms with van der Waals surface area (Å²) < 4.78 is 0. The van der Waals surface area contributed by atoms with E-state index in [9.17, 15) is 9.59 Å². The Bertz CT molecular complexity index is 570. The van der Waals surface area contributed by atoms with Gasteiger partial charge in [-0.15, -0.1) is 0 Å². The Hall–Kier alpha value is -1.66. The van der Waals surface area contributed by atoms with Gasteiger partial charge < -0.3 is 21.7 Å². The first kappa shape index (κ1) is 47.7. The van der Waals surface area contributed by atoms with Crippen molar-refractivity contribution in [3.05, 3.63) is 24.3 Å². The molecule has 0 radical (unpaired) electrons. The molecule has 268 valence electrons. The lowest BCUT2D eigenvalue weighted by atomic mass is 10.1. The maximum atomic E-state index is 10.3. The van der Waals surface area contributed by atoms with Crippen LogP contribution >= 0.6 is 0 Å². The van der Waals surface area contributed by atoms with Crippen molar-refractivity contribution < 1.29 is 19.8 Å². The first-order valence-electron chi connectivity index (χ1n) is 19.1. The summed E-state index contributed by atoms with van der Waals surface area (Å²) in [5.41, 5.74) is 10.1. The molecule has 0 saturated carbocycles. The summed E-state index contributed by atoms with van der Waals surface area (Å²) in [6.45, 7) is 5.96. The monoisotopic (exact) mass is 639 g/mol. The second kappa shape index (κ2) is 46.8. The van der Waals surface area contributed by atoms with Crippen LogP contribution in [0.5, 0.6) is 0 Å². The summed E-state index contributed by atoms with van der Waals surface area (Å²) in [6, 6.07) is 0. The highest BCUT2D eigenvalue weighted by Gasteiger charge is 1.97. The fourth-order valence-electron chi connectivity index (χ4n) is 4.81. The molecule has 0 rings (SSSR count). The summed E-state index contributed by atoms with van der Waals surface area (Å²) in [6.07, 6.45) is 43.4. The summed E-state index contributed by atoms with van der Waals surface area (Å²) in [4.78, 5) is 20.6. The Morgan fingerprint density at radius 3 is 0.867 bits per heavy atom. The van der Waals surface area contributed by atoms with Gasteiger partial charge in [-0.25, -0.2) is 0 Å². The highest BCUT2D eigenvalue weighted by atomic mass is 16.4. The minimum absolute atomic E-state index is 0.332. The van der Waals surface area contributed by atoms with Crippen LogP contribution < -0.4 is 11.5 Å². The smallest absolute Gasteiger partial charge is 0.303 e. The van der Waals surface area contributed by atoms with E-state index in [4.69, 9.17) is 21.7 Å². The fourth-order valence-corrected chi connectivity index (χ4v) is 4.81. The largest absolute Gasteiger partial charge is 0.481 e. The predicted octanol–water partition coefficient (Wildman–Crippen LogP) is 11.5. The lowest BCUT2D eigenvalue weighted by Crippen LogP contribution is -2.06. The van der Waals surface area contributed by atoms with Crippen LogP contribution in [0, 0.1) is 0 Å². The molecule has 6 nitrogen and oxygen atoms in total. The maximum absolute atomic E-state index is 10.3. The predicted molar refractivity (Wildman–Crippen MR) is 197 cm³/mol. The van der Waals surface area contributed by atoms with E-state index in [1.54, 1.807) is 0 Å². The number of rotatable bonds is 32. The zero-order chi connectivity index (χ0) is 33.9. The molecule has 0 atom stereocenters. The second-order valence-corrected chi connectivity index (χ2v) is 12.4. The number of hydrogen-bond acceptors (Lipinski definition) is 4. The standard InChI is InChI=1S/2C18H34O2.C3H10N2/c2*1-2-3-4-5-6-7-8-9-10-11-12-13-14-15-16-17-18(19)20;4-2-1-3-5/h2*9-10H,2-8,11-17H2,1H3,(H,19,20);1-5H2. The highest BCUT2D eigenvalue weighted by molar-refractivity contribution is 5.66. The van der Waals surface area contributed by atoms with Crippen molar-refractivity contribution in [1.82, 2.24) is 0 Å². The van der Waals surface area contributed by atoms with Gasteiger partial charge in [-0.2, -0.15) is 0 Å². The van der Waals surface area contributed by atoms with Gasteiger partial charge in [0.1, 0.15) is 0 Å². The second-order valence-electron chi connectivity index (χ2n) is 12.4. The van der Waals surface area contributed by atoms with E-state index in [0.29, 0.717) is 12.8 Å². The van der Waals surface area contributed by atoms with Crippen LogP contribution in [0.1, 0.15) is 200 Å². The van der Waals surface area contributed by atoms with Crippen molar-refractivity contribution in [2.45, 2.75) is 200 Å². The molecule has 0 aliphatic heterocycles. The zero-order valence-corrected chi connectivity index (χ0v) is 30.1. The molecule has 0 heterocycles. The van der Waals surface area contributed by atoms with Crippen molar-refractivity contribution in [1.29, 1.82) is 0 Å². The summed E-state index contributed by atoms with van der Waals surface area (Å²) >= 11 is 0. The van der Waals surface area contributed by atoms with E-state index < -0.39 is 11.9 Å². The number of carbonyl (C=O) groups is 2. The molecule has 0 aromatic heterocycles. The molecule has 0 unspecified atom stereocenters. The number of nitrogens with two attached hydrogens (primary N) is 2. The average molecular weight is 639 g/mol. The van der Waals surface area contributed by atoms with Crippen LogP contribution in [-0.4, -0.2) is 35.2 Å². The van der Waals surface area contributed by atoms with Crippen LogP contribution in [0.25, 0.3) is 0 Å². The lowest BCUT2D eigenvalue weighted by molar-refractivity contribution is -0.138. The normalized spacial score (nSPS) is 10.9. The molecule has 0 amide bonds. The van der Waals surface area contributed by atoms with Crippen molar-refractivity contribution in [2.24, 2.45) is 11.5 Å². The zero-order valence-electron chi connectivity index (χ0n) is 30.1. The SMILES string of the molecule is CCCCCCCCC=CCCCCCCCC(=O)O.CCCCCCCCC=CCCCCCCCC(=O)O.NCCCN. The number of aliphatic carboxylic acids is 2. The molecule has 6 N–H and O–H groups in total. The van der Waals surface area contributed by atoms with Crippen molar-refractivity contribution >= 4 is 11.9 Å². The molecule has 0 aliphatic rings. The first-order chi connectivity index (χ1) is 22.0. The Kier molecular flexibility index (Phi) is 49.6. The van der Waals surface area contributed by atoms with Crippen LogP contribution in [-0.2, 0) is 9.59 Å². The number of carboxylic acid groups (broad SMARTS) is 2. The fraction of sp³-hybridized carbons (Fsp3) is 0.846. The molecule has 45 heavy (non-hydrogen) atoms. The van der Waals surface area contributed by atoms with E-state index in [2.05, 4.69) is 38.2 Å². The van der Waals surface area contributed by atoms with Crippen LogP contribution in [0.3, 0.4) is 0 Å². The van der Waals surface area contributed by atoms with Gasteiger partial charge in [-0.3, -0.25) is 9.59 Å². The van der Waals surface area contributed by atoms with Gasteiger partial charge in [-0.05, 0) is 83.7 Å². The highest BCUT2D eigenvalue weighted by Crippen LogP contribution is 2.11. The summed E-state index contributed by atoms with van der Waals surface area (Å²) in [5.74, 6) is -1.33. The number of unbranched alkanes of at least 4 members (excludes halogenated alkanes) is 22. The molecule has 0 bridgehead atoms. The van der Waals surface area contributed by atoms with Gasteiger partial charge in [0.15, 0.2) is 0 Å². The van der Waals surface area contributed by atoms with Crippen LogP contribution in [0.15, 0.2) is 24.3 Å². The molecule has 0 aliphatic carbocycles. The number of allylic oxidation sites excluding steroid dienone is 4. The van der Waals surface area contributed by atoms with Gasteiger partial charge in [0.25, 0.3) is 0 Å². The Labute approximate surface area is 280 Å². The van der Waals surface area contributed by atoms with Gasteiger partial charge in [0, 0.05) is 12.8 Å². The molecular formula is C39H78N2O4. The third-order valence-electron chi connectivity index (χ3n) is 7.71. The number of hydrogen-bond donors (Lipinski definition) is 4. The summed E-state index contributed by atoms with van der Waals surface area (Å²) in [5, 5.41) is 17.0. The maximum Gasteiger partial charge on any atom is 0.303 e. The van der Waals surface area contributed by atoms with E-state index in [1.165, 1.54) is 141 Å². The average Bonchev–Trinajstić information content (AvgIpc) is 3.02. The van der Waals surface area contributed by atoms with E-state index in [-0.39, 0.29) is 0 Å². The van der Waals surface area contributed by atoms with Crippen LogP contribution in [0.2, 0.25) is 0 Å². The van der Waals surface area contributed by atoms with E-state index in [1.807, 2.05) is 0 Å². The van der Waals surface area contributed by atoms with Crippen molar-refractivity contribution in [3.8, 4) is 0 Å². The molecule has 0 spiro atoms. The molecule has 0 saturated heterocycles. The van der Waals surface area contributed by atoms with Gasteiger partial charge in [-0.1, -0.05) is 141 Å². The summed E-state index contributed by atoms with van der Waals surface area (Å²) in [7, 11) is 0. The third kappa shape index (κ3) is 58.4. The molecular weight excluding hydrogens is 560 g/mol. The topological polar surface area (TPSA) is 127 Å². The van der Waals surface area contributed by atoms with E-state index in [0.717, 1.165) is 45.2 Å².